The molecular formula is C13H18N2O4. The van der Waals surface area contributed by atoms with Gasteiger partial charge in [-0.05, 0) is 31.5 Å². The van der Waals surface area contributed by atoms with Gasteiger partial charge in [-0.1, -0.05) is 13.3 Å². The van der Waals surface area contributed by atoms with Crippen LogP contribution in [0.15, 0.2) is 18.2 Å². The highest BCUT2D eigenvalue weighted by atomic mass is 16.4. The van der Waals surface area contributed by atoms with E-state index in [1.54, 1.807) is 6.92 Å². The van der Waals surface area contributed by atoms with Gasteiger partial charge in [0.2, 0.25) is 5.91 Å². The molecule has 1 unspecified atom stereocenters. The first kappa shape index (κ1) is 15.0. The van der Waals surface area contributed by atoms with E-state index in [4.69, 9.17) is 10.8 Å². The Morgan fingerprint density at radius 1 is 1.42 bits per heavy atom. The number of hydrogen-bond acceptors (Lipinski definition) is 4. The van der Waals surface area contributed by atoms with Crippen LogP contribution < -0.4 is 11.1 Å². The number of hydrogen-bond donors (Lipinski definition) is 4. The third kappa shape index (κ3) is 3.69. The number of phenolic OH excluding ortho intramolecular Hbond substituents is 1. The molecule has 6 nitrogen and oxygen atoms in total. The number of carboxylic acid groups (broad SMARTS) is 1. The molecule has 104 valence electrons. The molecule has 0 aliphatic heterocycles. The molecule has 1 amide bonds. The molecule has 0 heterocycles. The van der Waals surface area contributed by atoms with Crippen molar-refractivity contribution in [3.8, 4) is 5.75 Å². The minimum absolute atomic E-state index is 0.114. The minimum Gasteiger partial charge on any atom is -0.508 e. The molecule has 1 aromatic rings. The lowest BCUT2D eigenvalue weighted by Crippen LogP contribution is -2.48. The Morgan fingerprint density at radius 3 is 2.58 bits per heavy atom. The molecule has 6 heteroatoms. The Morgan fingerprint density at radius 2 is 2.05 bits per heavy atom. The van der Waals surface area contributed by atoms with Crippen LogP contribution in [-0.2, 0) is 4.79 Å². The number of phenols is 1. The summed E-state index contributed by atoms with van der Waals surface area (Å²) in [4.78, 5) is 23.0. The van der Waals surface area contributed by atoms with Gasteiger partial charge < -0.3 is 21.3 Å². The van der Waals surface area contributed by atoms with E-state index in [0.717, 1.165) is 12.5 Å². The van der Waals surface area contributed by atoms with Crippen LogP contribution >= 0.6 is 0 Å². The van der Waals surface area contributed by atoms with Gasteiger partial charge in [-0.3, -0.25) is 4.79 Å². The normalized spacial score (nSPS) is 13.6. The monoisotopic (exact) mass is 266 g/mol. The van der Waals surface area contributed by atoms with Crippen molar-refractivity contribution < 1.29 is 19.8 Å². The predicted octanol–water partition coefficient (Wildman–Crippen LogP) is 1.55. The van der Waals surface area contributed by atoms with Gasteiger partial charge >= 0.3 is 5.97 Å². The number of nitrogens with one attached hydrogen (secondary N) is 1. The fraction of sp³-hybridized carbons (Fsp3) is 0.385. The molecule has 0 spiro atoms. The summed E-state index contributed by atoms with van der Waals surface area (Å²) in [7, 11) is 0. The first-order valence-electron chi connectivity index (χ1n) is 5.94. The highest BCUT2D eigenvalue weighted by Crippen LogP contribution is 2.22. The molecule has 0 saturated heterocycles. The number of carbonyl (C=O) groups excluding carboxylic acids is 1. The molecule has 0 radical (unpaired) electrons. The molecule has 1 atom stereocenters. The molecule has 5 N–H and O–H groups in total. The fourth-order valence-electron chi connectivity index (χ4n) is 1.72. The number of carbonyl (C=O) groups is 2. The highest BCUT2D eigenvalue weighted by molar-refractivity contribution is 6.03. The summed E-state index contributed by atoms with van der Waals surface area (Å²) in [6.07, 6.45) is 1.22. The summed E-state index contributed by atoms with van der Waals surface area (Å²) in [5.74, 6) is -1.87. The van der Waals surface area contributed by atoms with Crippen molar-refractivity contribution in [3.05, 3.63) is 23.8 Å². The van der Waals surface area contributed by atoms with Crippen molar-refractivity contribution in [3.63, 3.8) is 0 Å². The van der Waals surface area contributed by atoms with Gasteiger partial charge in [0.05, 0.1) is 16.8 Å². The van der Waals surface area contributed by atoms with Crippen LogP contribution in [-0.4, -0.2) is 27.6 Å². The second-order valence-corrected chi connectivity index (χ2v) is 4.66. The van der Waals surface area contributed by atoms with Crippen molar-refractivity contribution in [1.82, 2.24) is 0 Å². The van der Waals surface area contributed by atoms with Crippen LogP contribution in [0.4, 0.5) is 5.69 Å². The zero-order valence-corrected chi connectivity index (χ0v) is 10.9. The minimum atomic E-state index is -1.24. The third-order valence-corrected chi connectivity index (χ3v) is 2.77. The fourth-order valence-corrected chi connectivity index (χ4v) is 1.72. The lowest BCUT2D eigenvalue weighted by Gasteiger charge is -2.23. The van der Waals surface area contributed by atoms with Crippen LogP contribution in [0.25, 0.3) is 0 Å². The Labute approximate surface area is 111 Å². The van der Waals surface area contributed by atoms with Gasteiger partial charge in [-0.15, -0.1) is 0 Å². The van der Waals surface area contributed by atoms with E-state index in [1.165, 1.54) is 12.1 Å². The number of nitrogens with two attached hydrogens (primary N) is 1. The van der Waals surface area contributed by atoms with E-state index >= 15 is 0 Å². The Hall–Kier alpha value is -2.08. The van der Waals surface area contributed by atoms with E-state index in [0.29, 0.717) is 6.42 Å². The third-order valence-electron chi connectivity index (χ3n) is 2.77. The first-order valence-corrected chi connectivity index (χ1v) is 5.94. The van der Waals surface area contributed by atoms with Gasteiger partial charge in [-0.25, -0.2) is 4.79 Å². The molecular weight excluding hydrogens is 248 g/mol. The molecule has 1 rings (SSSR count). The van der Waals surface area contributed by atoms with Gasteiger partial charge in [-0.2, -0.15) is 0 Å². The summed E-state index contributed by atoms with van der Waals surface area (Å²) >= 11 is 0. The van der Waals surface area contributed by atoms with E-state index in [1.807, 2.05) is 6.92 Å². The largest absolute Gasteiger partial charge is 0.508 e. The number of aromatic hydroxyl groups is 1. The summed E-state index contributed by atoms with van der Waals surface area (Å²) in [6.45, 7) is 3.49. The van der Waals surface area contributed by atoms with Crippen molar-refractivity contribution in [2.45, 2.75) is 32.2 Å². The molecule has 0 saturated carbocycles. The average molecular weight is 266 g/mol. The summed E-state index contributed by atoms with van der Waals surface area (Å²) in [5.41, 5.74) is 4.73. The summed E-state index contributed by atoms with van der Waals surface area (Å²) < 4.78 is 0. The van der Waals surface area contributed by atoms with Gasteiger partial charge in [0.25, 0.3) is 0 Å². The molecule has 0 aromatic heterocycles. The van der Waals surface area contributed by atoms with Gasteiger partial charge in [0.15, 0.2) is 0 Å². The van der Waals surface area contributed by atoms with E-state index in [9.17, 15) is 14.7 Å². The molecule has 0 aliphatic carbocycles. The predicted molar refractivity (Wildman–Crippen MR) is 71.2 cm³/mol. The number of amides is 1. The van der Waals surface area contributed by atoms with E-state index < -0.39 is 17.4 Å². The molecule has 1 aromatic carbocycles. The Bertz CT molecular complexity index is 497. The van der Waals surface area contributed by atoms with Crippen LogP contribution in [0.2, 0.25) is 0 Å². The van der Waals surface area contributed by atoms with Crippen LogP contribution in [0.3, 0.4) is 0 Å². The van der Waals surface area contributed by atoms with Crippen molar-refractivity contribution in [2.75, 3.05) is 5.32 Å². The van der Waals surface area contributed by atoms with Crippen molar-refractivity contribution >= 4 is 17.6 Å². The second kappa shape index (κ2) is 5.71. The molecule has 19 heavy (non-hydrogen) atoms. The van der Waals surface area contributed by atoms with Crippen LogP contribution in [0.5, 0.6) is 5.75 Å². The van der Waals surface area contributed by atoms with Crippen LogP contribution in [0, 0.1) is 0 Å². The van der Waals surface area contributed by atoms with Crippen LogP contribution in [0.1, 0.15) is 37.0 Å². The Kier molecular flexibility index (Phi) is 4.50. The number of carboxylic acids is 1. The molecule has 0 aliphatic rings. The second-order valence-electron chi connectivity index (χ2n) is 4.66. The van der Waals surface area contributed by atoms with E-state index in [2.05, 4.69) is 5.32 Å². The smallest absolute Gasteiger partial charge is 0.337 e. The lowest BCUT2D eigenvalue weighted by atomic mass is 9.96. The van der Waals surface area contributed by atoms with Gasteiger partial charge in [0.1, 0.15) is 5.75 Å². The van der Waals surface area contributed by atoms with Gasteiger partial charge in [0, 0.05) is 0 Å². The molecule has 0 bridgehead atoms. The Balaban J connectivity index is 3.00. The zero-order valence-electron chi connectivity index (χ0n) is 10.9. The summed E-state index contributed by atoms with van der Waals surface area (Å²) in [6, 6.07) is 3.71. The van der Waals surface area contributed by atoms with E-state index in [-0.39, 0.29) is 17.0 Å². The summed E-state index contributed by atoms with van der Waals surface area (Å²) in [5, 5.41) is 20.8. The number of aromatic carboxylic acids is 1. The van der Waals surface area contributed by atoms with Crippen molar-refractivity contribution in [2.24, 2.45) is 5.73 Å². The number of benzene rings is 1. The topological polar surface area (TPSA) is 113 Å². The first-order chi connectivity index (χ1) is 8.77. The number of rotatable bonds is 5. The lowest BCUT2D eigenvalue weighted by molar-refractivity contribution is -0.120. The average Bonchev–Trinajstić information content (AvgIpc) is 2.30. The molecule has 0 fully saturated rings. The highest BCUT2D eigenvalue weighted by Gasteiger charge is 2.28. The maximum absolute atomic E-state index is 12.0. The maximum Gasteiger partial charge on any atom is 0.337 e. The van der Waals surface area contributed by atoms with Crippen molar-refractivity contribution in [1.29, 1.82) is 0 Å². The quantitative estimate of drug-likeness (QED) is 0.604. The SMILES string of the molecule is CCCC(C)(N)C(=O)Nc1ccc(O)cc1C(=O)O. The number of anilines is 1. The maximum atomic E-state index is 12.0. The zero-order chi connectivity index (χ0) is 14.6. The standard InChI is InChI=1S/C13H18N2O4/c1-3-6-13(2,14)12(19)15-10-5-4-8(16)7-9(10)11(17)18/h4-5,7,16H,3,6,14H2,1-2H3,(H,15,19)(H,17,18).